The zero-order valence-electron chi connectivity index (χ0n) is 15.2. The van der Waals surface area contributed by atoms with Crippen LogP contribution in [0.4, 0.5) is 0 Å². The molecule has 1 aromatic rings. The van der Waals surface area contributed by atoms with Crippen LogP contribution in [-0.2, 0) is 4.74 Å². The number of aromatic amines is 1. The molecule has 1 spiro atoms. The number of nitrogens with one attached hydrogen (secondary N) is 2. The van der Waals surface area contributed by atoms with Crippen LogP contribution >= 0.6 is 0 Å². The molecular formula is C19H27N3O3. The van der Waals surface area contributed by atoms with Gasteiger partial charge in [0.2, 0.25) is 0 Å². The smallest absolute Gasteiger partial charge is 0.263 e. The standard InChI is InChI=1S/C19H27N3O3/c1-18(2,3)25-14-9-13(19(14)7-4-8-19)21-16(23)12-10-20-15(11-5-6-11)22-17(12)24/h10-11,13-14H,4-9H2,1-3H3,(H,21,23)(H,20,22,24). The van der Waals surface area contributed by atoms with E-state index in [9.17, 15) is 9.59 Å². The lowest BCUT2D eigenvalue weighted by atomic mass is 9.51. The van der Waals surface area contributed by atoms with Gasteiger partial charge < -0.3 is 15.0 Å². The number of carbonyl (C=O) groups excluding carboxylic acids is 1. The van der Waals surface area contributed by atoms with Crippen LogP contribution in [0.3, 0.4) is 0 Å². The summed E-state index contributed by atoms with van der Waals surface area (Å²) in [7, 11) is 0. The van der Waals surface area contributed by atoms with Crippen molar-refractivity contribution in [3.05, 3.63) is 27.9 Å². The summed E-state index contributed by atoms with van der Waals surface area (Å²) in [6.45, 7) is 6.20. The minimum absolute atomic E-state index is 0.0527. The van der Waals surface area contributed by atoms with Gasteiger partial charge in [0.25, 0.3) is 11.5 Å². The van der Waals surface area contributed by atoms with Crippen molar-refractivity contribution in [2.24, 2.45) is 5.41 Å². The van der Waals surface area contributed by atoms with Crippen LogP contribution < -0.4 is 10.9 Å². The van der Waals surface area contributed by atoms with Crippen LogP contribution in [0.5, 0.6) is 0 Å². The maximum atomic E-state index is 12.6. The zero-order valence-corrected chi connectivity index (χ0v) is 15.2. The summed E-state index contributed by atoms with van der Waals surface area (Å²) >= 11 is 0. The topological polar surface area (TPSA) is 84.1 Å². The summed E-state index contributed by atoms with van der Waals surface area (Å²) in [6.07, 6.45) is 7.89. The van der Waals surface area contributed by atoms with E-state index in [1.54, 1.807) is 0 Å². The first kappa shape index (κ1) is 16.8. The van der Waals surface area contributed by atoms with Gasteiger partial charge in [-0.1, -0.05) is 6.42 Å². The fourth-order valence-electron chi connectivity index (χ4n) is 4.17. The van der Waals surface area contributed by atoms with Crippen molar-refractivity contribution in [2.45, 2.75) is 83.0 Å². The van der Waals surface area contributed by atoms with Crippen molar-refractivity contribution in [2.75, 3.05) is 0 Å². The quantitative estimate of drug-likeness (QED) is 0.878. The summed E-state index contributed by atoms with van der Waals surface area (Å²) < 4.78 is 6.19. The van der Waals surface area contributed by atoms with Gasteiger partial charge in [-0.15, -0.1) is 0 Å². The number of hydrogen-bond acceptors (Lipinski definition) is 4. The summed E-state index contributed by atoms with van der Waals surface area (Å²) in [5.74, 6) is 0.755. The number of ether oxygens (including phenoxy) is 1. The highest BCUT2D eigenvalue weighted by Gasteiger charge is 2.60. The highest BCUT2D eigenvalue weighted by atomic mass is 16.5. The molecule has 2 unspecified atom stereocenters. The minimum Gasteiger partial charge on any atom is -0.372 e. The van der Waals surface area contributed by atoms with Gasteiger partial charge in [0, 0.05) is 23.6 Å². The predicted molar refractivity (Wildman–Crippen MR) is 93.6 cm³/mol. The molecule has 3 fully saturated rings. The lowest BCUT2D eigenvalue weighted by molar-refractivity contribution is -0.212. The molecule has 1 heterocycles. The Balaban J connectivity index is 1.44. The van der Waals surface area contributed by atoms with Crippen LogP contribution in [0.2, 0.25) is 0 Å². The summed E-state index contributed by atoms with van der Waals surface area (Å²) in [5.41, 5.74) is -0.350. The molecule has 0 bridgehead atoms. The Labute approximate surface area is 147 Å². The number of nitrogens with zero attached hydrogens (tertiary/aromatic N) is 1. The van der Waals surface area contributed by atoms with Gasteiger partial charge in [-0.3, -0.25) is 9.59 Å². The van der Waals surface area contributed by atoms with E-state index in [1.807, 2.05) is 0 Å². The van der Waals surface area contributed by atoms with Gasteiger partial charge in [-0.2, -0.15) is 0 Å². The molecule has 3 saturated carbocycles. The van der Waals surface area contributed by atoms with E-state index >= 15 is 0 Å². The Bertz CT molecular complexity index is 741. The minimum atomic E-state index is -0.334. The first-order valence-corrected chi connectivity index (χ1v) is 9.36. The summed E-state index contributed by atoms with van der Waals surface area (Å²) in [5, 5.41) is 3.07. The second kappa shape index (κ2) is 5.66. The van der Waals surface area contributed by atoms with Gasteiger partial charge in [-0.05, 0) is 52.9 Å². The molecule has 2 N–H and O–H groups in total. The lowest BCUT2D eigenvalue weighted by Crippen LogP contribution is -2.68. The van der Waals surface area contributed by atoms with E-state index in [1.165, 1.54) is 12.6 Å². The van der Waals surface area contributed by atoms with Crippen molar-refractivity contribution in [1.82, 2.24) is 15.3 Å². The number of hydrogen-bond donors (Lipinski definition) is 2. The molecule has 136 valence electrons. The maximum Gasteiger partial charge on any atom is 0.263 e. The van der Waals surface area contributed by atoms with Crippen LogP contribution in [0.15, 0.2) is 11.0 Å². The van der Waals surface area contributed by atoms with Crippen LogP contribution in [0.25, 0.3) is 0 Å². The Morgan fingerprint density at radius 3 is 2.60 bits per heavy atom. The number of amides is 1. The van der Waals surface area contributed by atoms with Gasteiger partial charge >= 0.3 is 0 Å². The van der Waals surface area contributed by atoms with Crippen LogP contribution in [-0.4, -0.2) is 33.6 Å². The molecule has 2 atom stereocenters. The number of carbonyl (C=O) groups is 1. The van der Waals surface area contributed by atoms with Crippen LogP contribution in [0.1, 0.15) is 81.4 Å². The number of aromatic nitrogens is 2. The number of H-pyrrole nitrogens is 1. The Morgan fingerprint density at radius 1 is 1.36 bits per heavy atom. The molecular weight excluding hydrogens is 318 g/mol. The average molecular weight is 345 g/mol. The third-order valence-electron chi connectivity index (χ3n) is 5.90. The molecule has 0 aromatic carbocycles. The third-order valence-corrected chi connectivity index (χ3v) is 5.90. The molecule has 0 radical (unpaired) electrons. The third kappa shape index (κ3) is 3.01. The first-order chi connectivity index (χ1) is 11.8. The highest BCUT2D eigenvalue weighted by molar-refractivity contribution is 5.93. The first-order valence-electron chi connectivity index (χ1n) is 9.36. The number of rotatable bonds is 4. The van der Waals surface area contributed by atoms with Crippen molar-refractivity contribution < 1.29 is 9.53 Å². The lowest BCUT2D eigenvalue weighted by Gasteiger charge is -2.62. The van der Waals surface area contributed by atoms with E-state index in [2.05, 4.69) is 36.1 Å². The van der Waals surface area contributed by atoms with E-state index in [-0.39, 0.29) is 40.2 Å². The van der Waals surface area contributed by atoms with Crippen molar-refractivity contribution in [1.29, 1.82) is 0 Å². The Morgan fingerprint density at radius 2 is 2.08 bits per heavy atom. The van der Waals surface area contributed by atoms with E-state index in [4.69, 9.17) is 4.74 Å². The summed E-state index contributed by atoms with van der Waals surface area (Å²) in [6, 6.07) is 0.0867. The zero-order chi connectivity index (χ0) is 17.8. The fraction of sp³-hybridized carbons (Fsp3) is 0.737. The molecule has 4 rings (SSSR count). The van der Waals surface area contributed by atoms with Gasteiger partial charge in [0.15, 0.2) is 0 Å². The largest absolute Gasteiger partial charge is 0.372 e. The van der Waals surface area contributed by atoms with Crippen molar-refractivity contribution in [3.63, 3.8) is 0 Å². The fourth-order valence-corrected chi connectivity index (χ4v) is 4.17. The Hall–Kier alpha value is -1.69. The molecule has 0 aliphatic heterocycles. The second-order valence-electron chi connectivity index (χ2n) is 8.85. The van der Waals surface area contributed by atoms with E-state index in [0.29, 0.717) is 11.7 Å². The SMILES string of the molecule is CC(C)(C)OC1CC(NC(=O)c2cnc(C3CC3)[nH]c2=O)C12CCC2. The molecule has 3 aliphatic rings. The average Bonchev–Trinajstić information content (AvgIpc) is 3.26. The van der Waals surface area contributed by atoms with Gasteiger partial charge in [-0.25, -0.2) is 4.98 Å². The molecule has 25 heavy (non-hydrogen) atoms. The predicted octanol–water partition coefficient (Wildman–Crippen LogP) is 2.50. The van der Waals surface area contributed by atoms with Crippen LogP contribution in [0, 0.1) is 5.41 Å². The van der Waals surface area contributed by atoms with Crippen molar-refractivity contribution in [3.8, 4) is 0 Å². The van der Waals surface area contributed by atoms with E-state index < -0.39 is 0 Å². The molecule has 6 heteroatoms. The molecule has 3 aliphatic carbocycles. The molecule has 6 nitrogen and oxygen atoms in total. The highest BCUT2D eigenvalue weighted by Crippen LogP contribution is 2.58. The van der Waals surface area contributed by atoms with Gasteiger partial charge in [0.1, 0.15) is 11.4 Å². The molecule has 0 saturated heterocycles. The maximum absolute atomic E-state index is 12.6. The molecule has 1 aromatic heterocycles. The van der Waals surface area contributed by atoms with Gasteiger partial charge in [0.05, 0.1) is 11.7 Å². The Kier molecular flexibility index (Phi) is 3.79. The second-order valence-corrected chi connectivity index (χ2v) is 8.85. The van der Waals surface area contributed by atoms with Crippen molar-refractivity contribution >= 4 is 5.91 Å². The monoisotopic (exact) mass is 345 g/mol. The van der Waals surface area contributed by atoms with E-state index in [0.717, 1.165) is 32.1 Å². The normalized spacial score (nSPS) is 27.5. The molecule has 1 amide bonds. The summed E-state index contributed by atoms with van der Waals surface area (Å²) in [4.78, 5) is 31.8.